The van der Waals surface area contributed by atoms with Gasteiger partial charge in [0.25, 0.3) is 5.91 Å². The molecule has 0 bridgehead atoms. The van der Waals surface area contributed by atoms with Gasteiger partial charge in [0.1, 0.15) is 0 Å². The molecule has 2 aliphatic heterocycles. The molecule has 2 atom stereocenters. The summed E-state index contributed by atoms with van der Waals surface area (Å²) in [6, 6.07) is 7.99. The van der Waals surface area contributed by atoms with Crippen molar-refractivity contribution < 1.29 is 9.53 Å². The number of rotatable bonds is 3. The molecule has 3 heterocycles. The van der Waals surface area contributed by atoms with E-state index in [1.165, 1.54) is 12.8 Å². The smallest absolute Gasteiger partial charge is 0.287 e. The minimum Gasteiger partial charge on any atom is -0.378 e. The van der Waals surface area contributed by atoms with Gasteiger partial charge in [-0.25, -0.2) is 4.98 Å². The maximum atomic E-state index is 12.5. The molecule has 2 aliphatic rings. The third-order valence-corrected chi connectivity index (χ3v) is 4.58. The summed E-state index contributed by atoms with van der Waals surface area (Å²) >= 11 is 0. The lowest BCUT2D eigenvalue weighted by Gasteiger charge is -2.27. The quantitative estimate of drug-likeness (QED) is 0.892. The van der Waals surface area contributed by atoms with Crippen molar-refractivity contribution in [1.82, 2.24) is 20.2 Å². The number of carbonyl (C=O) groups excluding carboxylic acids is 1. The molecule has 0 aliphatic carbocycles. The normalized spacial score (nSPS) is 25.8. The van der Waals surface area contributed by atoms with Crippen molar-refractivity contribution in [2.45, 2.75) is 24.9 Å². The topological polar surface area (TPSA) is 70.2 Å². The van der Waals surface area contributed by atoms with Gasteiger partial charge in [-0.15, -0.1) is 0 Å². The summed E-state index contributed by atoms with van der Waals surface area (Å²) in [4.78, 5) is 22.3. The Labute approximate surface area is 128 Å². The summed E-state index contributed by atoms with van der Waals surface area (Å²) in [7, 11) is 0. The molecule has 116 valence electrons. The van der Waals surface area contributed by atoms with Crippen LogP contribution >= 0.6 is 0 Å². The van der Waals surface area contributed by atoms with Gasteiger partial charge in [-0.2, -0.15) is 0 Å². The maximum Gasteiger partial charge on any atom is 0.287 e. The first-order chi connectivity index (χ1) is 10.8. The van der Waals surface area contributed by atoms with Gasteiger partial charge in [-0.3, -0.25) is 9.69 Å². The number of hydrogen-bond acceptors (Lipinski definition) is 4. The SMILES string of the molecule is O=C(N[C@H]1COC[C@@H]1N1CCCC1)c1nc2ccccc2[nH]1. The lowest BCUT2D eigenvalue weighted by molar-refractivity contribution is 0.0907. The van der Waals surface area contributed by atoms with Crippen LogP contribution in [0.15, 0.2) is 24.3 Å². The van der Waals surface area contributed by atoms with E-state index in [1.807, 2.05) is 24.3 Å². The second-order valence-corrected chi connectivity index (χ2v) is 6.03. The second kappa shape index (κ2) is 5.70. The van der Waals surface area contributed by atoms with Gasteiger partial charge in [0.05, 0.1) is 36.3 Å². The van der Waals surface area contributed by atoms with Crippen molar-refractivity contribution in [2.24, 2.45) is 0 Å². The Bertz CT molecular complexity index is 645. The fraction of sp³-hybridized carbons (Fsp3) is 0.500. The third-order valence-electron chi connectivity index (χ3n) is 4.58. The molecule has 0 radical (unpaired) electrons. The fourth-order valence-electron chi connectivity index (χ4n) is 3.41. The summed E-state index contributed by atoms with van der Waals surface area (Å²) in [6.07, 6.45) is 2.47. The zero-order valence-electron chi connectivity index (χ0n) is 12.4. The molecule has 2 aromatic rings. The van der Waals surface area contributed by atoms with Crippen LogP contribution in [0.2, 0.25) is 0 Å². The number of ether oxygens (including phenoxy) is 1. The molecule has 0 spiro atoms. The highest BCUT2D eigenvalue weighted by Gasteiger charge is 2.35. The van der Waals surface area contributed by atoms with E-state index >= 15 is 0 Å². The lowest BCUT2D eigenvalue weighted by atomic mass is 10.1. The Hall–Kier alpha value is -1.92. The van der Waals surface area contributed by atoms with Crippen molar-refractivity contribution >= 4 is 16.9 Å². The van der Waals surface area contributed by atoms with Gasteiger partial charge in [-0.05, 0) is 38.1 Å². The summed E-state index contributed by atoms with van der Waals surface area (Å²) in [5.74, 6) is 0.212. The van der Waals surface area contributed by atoms with Crippen LogP contribution in [0.3, 0.4) is 0 Å². The lowest BCUT2D eigenvalue weighted by Crippen LogP contribution is -2.50. The predicted molar refractivity (Wildman–Crippen MR) is 82.8 cm³/mol. The van der Waals surface area contributed by atoms with Crippen LogP contribution < -0.4 is 5.32 Å². The Kier molecular flexibility index (Phi) is 3.56. The first-order valence-corrected chi connectivity index (χ1v) is 7.89. The van der Waals surface area contributed by atoms with E-state index in [1.54, 1.807) is 0 Å². The minimum atomic E-state index is -0.157. The number of imidazole rings is 1. The number of likely N-dealkylation sites (tertiary alicyclic amines) is 1. The summed E-state index contributed by atoms with van der Waals surface area (Å²) in [6.45, 7) is 3.48. The molecule has 1 aromatic heterocycles. The molecule has 4 rings (SSSR count). The highest BCUT2D eigenvalue weighted by molar-refractivity contribution is 5.94. The molecule has 2 saturated heterocycles. The highest BCUT2D eigenvalue weighted by atomic mass is 16.5. The molecular weight excluding hydrogens is 280 g/mol. The van der Waals surface area contributed by atoms with E-state index in [-0.39, 0.29) is 18.0 Å². The summed E-state index contributed by atoms with van der Waals surface area (Å²) in [5.41, 5.74) is 1.69. The van der Waals surface area contributed by atoms with Gasteiger partial charge in [-0.1, -0.05) is 12.1 Å². The number of aromatic amines is 1. The average molecular weight is 300 g/mol. The van der Waals surface area contributed by atoms with Crippen LogP contribution in [-0.2, 0) is 4.74 Å². The Morgan fingerprint density at radius 2 is 2.09 bits per heavy atom. The molecule has 2 fully saturated rings. The zero-order chi connectivity index (χ0) is 14.9. The van der Waals surface area contributed by atoms with E-state index in [9.17, 15) is 4.79 Å². The molecule has 0 unspecified atom stereocenters. The van der Waals surface area contributed by atoms with Crippen LogP contribution in [0.5, 0.6) is 0 Å². The van der Waals surface area contributed by atoms with Gasteiger partial charge in [0.2, 0.25) is 0 Å². The van der Waals surface area contributed by atoms with E-state index in [0.29, 0.717) is 19.0 Å². The molecule has 1 amide bonds. The van der Waals surface area contributed by atoms with Gasteiger partial charge < -0.3 is 15.0 Å². The van der Waals surface area contributed by atoms with Crippen LogP contribution in [0.25, 0.3) is 11.0 Å². The first kappa shape index (κ1) is 13.7. The fourth-order valence-corrected chi connectivity index (χ4v) is 3.41. The molecular formula is C16H20N4O2. The van der Waals surface area contributed by atoms with Gasteiger partial charge in [0.15, 0.2) is 5.82 Å². The van der Waals surface area contributed by atoms with Crippen molar-refractivity contribution in [3.63, 3.8) is 0 Å². The van der Waals surface area contributed by atoms with Gasteiger partial charge >= 0.3 is 0 Å². The molecule has 2 N–H and O–H groups in total. The van der Waals surface area contributed by atoms with Crippen molar-refractivity contribution in [3.8, 4) is 0 Å². The van der Waals surface area contributed by atoms with Gasteiger partial charge in [0, 0.05) is 0 Å². The summed E-state index contributed by atoms with van der Waals surface area (Å²) < 4.78 is 5.59. The largest absolute Gasteiger partial charge is 0.378 e. The molecule has 6 nitrogen and oxygen atoms in total. The number of fused-ring (bicyclic) bond motifs is 1. The molecule has 6 heteroatoms. The van der Waals surface area contributed by atoms with E-state index in [4.69, 9.17) is 4.74 Å². The van der Waals surface area contributed by atoms with Crippen molar-refractivity contribution in [2.75, 3.05) is 26.3 Å². The Morgan fingerprint density at radius 1 is 1.27 bits per heavy atom. The van der Waals surface area contributed by atoms with E-state index in [2.05, 4.69) is 20.2 Å². The Morgan fingerprint density at radius 3 is 2.91 bits per heavy atom. The predicted octanol–water partition coefficient (Wildman–Crippen LogP) is 1.16. The van der Waals surface area contributed by atoms with E-state index in [0.717, 1.165) is 24.1 Å². The second-order valence-electron chi connectivity index (χ2n) is 6.03. The van der Waals surface area contributed by atoms with Crippen LogP contribution in [0.4, 0.5) is 0 Å². The van der Waals surface area contributed by atoms with Crippen molar-refractivity contribution in [3.05, 3.63) is 30.1 Å². The third kappa shape index (κ3) is 2.48. The zero-order valence-corrected chi connectivity index (χ0v) is 12.4. The van der Waals surface area contributed by atoms with Crippen molar-refractivity contribution in [1.29, 1.82) is 0 Å². The van der Waals surface area contributed by atoms with Crippen LogP contribution in [0, 0.1) is 0 Å². The first-order valence-electron chi connectivity index (χ1n) is 7.89. The maximum absolute atomic E-state index is 12.5. The monoisotopic (exact) mass is 300 g/mol. The summed E-state index contributed by atoms with van der Waals surface area (Å²) in [5, 5.41) is 3.08. The number of H-pyrrole nitrogens is 1. The van der Waals surface area contributed by atoms with Crippen LogP contribution in [-0.4, -0.2) is 59.2 Å². The number of amides is 1. The highest BCUT2D eigenvalue weighted by Crippen LogP contribution is 2.19. The molecule has 0 saturated carbocycles. The number of para-hydroxylation sites is 2. The van der Waals surface area contributed by atoms with E-state index < -0.39 is 0 Å². The standard InChI is InChI=1S/C16H20N4O2/c21-16(15-17-11-5-1-2-6-12(11)18-15)19-13-9-22-10-14(13)20-7-3-4-8-20/h1-2,5-6,13-14H,3-4,7-10H2,(H,17,18)(H,19,21)/t13-,14-/m0/s1. The molecule has 22 heavy (non-hydrogen) atoms. The average Bonchev–Trinajstić information content (AvgIpc) is 3.26. The number of nitrogens with one attached hydrogen (secondary N) is 2. The number of hydrogen-bond donors (Lipinski definition) is 2. The molecule has 1 aromatic carbocycles. The minimum absolute atomic E-state index is 0.0406. The number of nitrogens with zero attached hydrogens (tertiary/aromatic N) is 2. The Balaban J connectivity index is 1.48. The van der Waals surface area contributed by atoms with Crippen LogP contribution in [0.1, 0.15) is 23.5 Å². The number of carbonyl (C=O) groups is 1. The number of benzene rings is 1. The number of aromatic nitrogens is 2.